The number of aromatic nitrogens is 1. The predicted octanol–water partition coefficient (Wildman–Crippen LogP) is 6.17. The smallest absolute Gasteiger partial charge is 0.251 e. The first-order valence-electron chi connectivity index (χ1n) is 13.8. The molecule has 202 valence electrons. The zero-order chi connectivity index (χ0) is 26.8. The number of benzene rings is 3. The second-order valence-electron chi connectivity index (χ2n) is 10.7. The normalized spacial score (nSPS) is 17.1. The molecule has 2 N–H and O–H groups in total. The van der Waals surface area contributed by atoms with Crippen molar-refractivity contribution in [2.45, 2.75) is 57.2 Å². The Bertz CT molecular complexity index is 1470. The summed E-state index contributed by atoms with van der Waals surface area (Å²) in [5.41, 5.74) is 4.18. The zero-order valence-electron chi connectivity index (χ0n) is 21.9. The number of hydrogen-bond acceptors (Lipinski definition) is 3. The molecule has 0 spiro atoms. The van der Waals surface area contributed by atoms with Crippen molar-refractivity contribution in [2.75, 3.05) is 13.2 Å². The lowest BCUT2D eigenvalue weighted by Gasteiger charge is -2.44. The summed E-state index contributed by atoms with van der Waals surface area (Å²) in [5.74, 6) is -0.674. The summed E-state index contributed by atoms with van der Waals surface area (Å²) in [6, 6.07) is 18.0. The van der Waals surface area contributed by atoms with Crippen molar-refractivity contribution in [3.63, 3.8) is 0 Å². The van der Waals surface area contributed by atoms with Crippen LogP contribution in [0.4, 0.5) is 8.78 Å². The topological polar surface area (TPSA) is 57.4 Å². The first kappa shape index (κ1) is 25.6. The number of amides is 1. The molecule has 0 saturated heterocycles. The largest absolute Gasteiger partial charge is 0.489 e. The highest BCUT2D eigenvalue weighted by Crippen LogP contribution is 2.35. The summed E-state index contributed by atoms with van der Waals surface area (Å²) in [7, 11) is 0. The maximum absolute atomic E-state index is 14.7. The van der Waals surface area contributed by atoms with E-state index in [9.17, 15) is 13.6 Å². The van der Waals surface area contributed by atoms with E-state index in [0.29, 0.717) is 36.7 Å². The third kappa shape index (κ3) is 5.41. The Kier molecular flexibility index (Phi) is 7.33. The first-order valence-corrected chi connectivity index (χ1v) is 13.8. The standard InChI is InChI=1S/C32H33F2N3O2/c33-23-11-14-30-27(16-23)22(19-35-30)8-5-15-37(24-9-4-10-24)25-17-28-26(12-13-29(34)31(28)39-20-25)32(38)36-18-21-6-2-1-3-7-21/h1-3,6-7,11-14,16,19,24-25,35H,4-5,8-10,15,17-18,20H2,(H,36,38). The van der Waals surface area contributed by atoms with Crippen molar-refractivity contribution in [1.29, 1.82) is 0 Å². The minimum absolute atomic E-state index is 0.0608. The van der Waals surface area contributed by atoms with Gasteiger partial charge >= 0.3 is 0 Å². The second-order valence-corrected chi connectivity index (χ2v) is 10.7. The number of aromatic amines is 1. The van der Waals surface area contributed by atoms with E-state index in [4.69, 9.17) is 4.74 Å². The molecular weight excluding hydrogens is 496 g/mol. The van der Waals surface area contributed by atoms with Crippen molar-refractivity contribution >= 4 is 16.8 Å². The van der Waals surface area contributed by atoms with Crippen molar-refractivity contribution in [1.82, 2.24) is 15.2 Å². The number of carbonyl (C=O) groups excluding carboxylic acids is 1. The van der Waals surface area contributed by atoms with Gasteiger partial charge in [0.15, 0.2) is 11.6 Å². The molecule has 6 rings (SSSR count). The van der Waals surface area contributed by atoms with Gasteiger partial charge in [-0.25, -0.2) is 8.78 Å². The van der Waals surface area contributed by atoms with Crippen LogP contribution in [0.15, 0.2) is 66.9 Å². The molecule has 1 amide bonds. The van der Waals surface area contributed by atoms with E-state index in [1.807, 2.05) is 36.5 Å². The molecule has 5 nitrogen and oxygen atoms in total. The number of hydrogen-bond donors (Lipinski definition) is 2. The molecule has 7 heteroatoms. The minimum Gasteiger partial charge on any atom is -0.489 e. The van der Waals surface area contributed by atoms with Gasteiger partial charge in [0.25, 0.3) is 5.91 Å². The van der Waals surface area contributed by atoms with Crippen LogP contribution < -0.4 is 10.1 Å². The molecule has 0 radical (unpaired) electrons. The minimum atomic E-state index is -0.426. The summed E-state index contributed by atoms with van der Waals surface area (Å²) in [6.45, 7) is 1.66. The molecule has 1 fully saturated rings. The number of nitrogens with zero attached hydrogens (tertiary/aromatic N) is 1. The molecule has 1 unspecified atom stereocenters. The van der Waals surface area contributed by atoms with Crippen molar-refractivity contribution in [3.8, 4) is 5.75 Å². The molecule has 2 aliphatic rings. The Hall–Kier alpha value is -3.71. The van der Waals surface area contributed by atoms with Crippen LogP contribution in [-0.4, -0.2) is 41.0 Å². The molecule has 39 heavy (non-hydrogen) atoms. The van der Waals surface area contributed by atoms with Gasteiger partial charge in [0, 0.05) is 46.9 Å². The zero-order valence-corrected chi connectivity index (χ0v) is 21.9. The molecule has 1 atom stereocenters. The lowest BCUT2D eigenvalue weighted by molar-refractivity contribution is 0.0421. The fraction of sp³-hybridized carbons (Fsp3) is 0.344. The highest BCUT2D eigenvalue weighted by molar-refractivity contribution is 5.96. The monoisotopic (exact) mass is 529 g/mol. The van der Waals surface area contributed by atoms with Gasteiger partial charge in [-0.3, -0.25) is 9.69 Å². The van der Waals surface area contributed by atoms with E-state index >= 15 is 0 Å². The van der Waals surface area contributed by atoms with Crippen LogP contribution in [0.2, 0.25) is 0 Å². The van der Waals surface area contributed by atoms with Gasteiger partial charge in [0.05, 0.1) is 0 Å². The van der Waals surface area contributed by atoms with E-state index in [2.05, 4.69) is 15.2 Å². The summed E-state index contributed by atoms with van der Waals surface area (Å²) in [4.78, 5) is 18.9. The van der Waals surface area contributed by atoms with Crippen LogP contribution in [0.5, 0.6) is 5.75 Å². The van der Waals surface area contributed by atoms with Gasteiger partial charge in [-0.1, -0.05) is 36.8 Å². The molecule has 1 saturated carbocycles. The van der Waals surface area contributed by atoms with Crippen LogP contribution in [-0.2, 0) is 19.4 Å². The van der Waals surface area contributed by atoms with Crippen LogP contribution in [0.1, 0.15) is 52.7 Å². The molecule has 1 aliphatic heterocycles. The van der Waals surface area contributed by atoms with E-state index in [1.54, 1.807) is 18.2 Å². The number of ether oxygens (including phenoxy) is 1. The van der Waals surface area contributed by atoms with E-state index in [1.165, 1.54) is 18.6 Å². The van der Waals surface area contributed by atoms with E-state index in [-0.39, 0.29) is 23.5 Å². The molecule has 1 aliphatic carbocycles. The fourth-order valence-corrected chi connectivity index (χ4v) is 5.92. The predicted molar refractivity (Wildman–Crippen MR) is 148 cm³/mol. The molecule has 0 bridgehead atoms. The molecule has 1 aromatic heterocycles. The molecule has 4 aromatic rings. The first-order chi connectivity index (χ1) is 19.1. The lowest BCUT2D eigenvalue weighted by atomic mass is 9.87. The Morgan fingerprint density at radius 2 is 1.90 bits per heavy atom. The highest BCUT2D eigenvalue weighted by atomic mass is 19.1. The van der Waals surface area contributed by atoms with Gasteiger partial charge in [-0.2, -0.15) is 0 Å². The van der Waals surface area contributed by atoms with Gasteiger partial charge in [0.1, 0.15) is 12.4 Å². The number of carbonyl (C=O) groups is 1. The van der Waals surface area contributed by atoms with E-state index in [0.717, 1.165) is 54.3 Å². The van der Waals surface area contributed by atoms with Gasteiger partial charge in [0.2, 0.25) is 0 Å². The number of aryl methyl sites for hydroxylation is 1. The lowest BCUT2D eigenvalue weighted by Crippen LogP contribution is -2.51. The number of nitrogens with one attached hydrogen (secondary N) is 2. The van der Waals surface area contributed by atoms with Gasteiger partial charge < -0.3 is 15.0 Å². The second kappa shape index (κ2) is 11.2. The van der Waals surface area contributed by atoms with Gasteiger partial charge in [-0.05, 0) is 80.1 Å². The average Bonchev–Trinajstić information content (AvgIpc) is 3.32. The molecule has 2 heterocycles. The molecular formula is C32H33F2N3O2. The third-order valence-corrected chi connectivity index (χ3v) is 8.22. The quantitative estimate of drug-likeness (QED) is 0.273. The van der Waals surface area contributed by atoms with Crippen LogP contribution in [0.25, 0.3) is 10.9 Å². The Labute approximate surface area is 227 Å². The van der Waals surface area contributed by atoms with Crippen molar-refractivity contribution in [2.24, 2.45) is 0 Å². The number of fused-ring (bicyclic) bond motifs is 2. The fourth-order valence-electron chi connectivity index (χ4n) is 5.92. The number of rotatable bonds is 9. The van der Waals surface area contributed by atoms with Crippen molar-refractivity contribution in [3.05, 3.63) is 101 Å². The average molecular weight is 530 g/mol. The Morgan fingerprint density at radius 3 is 2.69 bits per heavy atom. The maximum atomic E-state index is 14.7. The Morgan fingerprint density at radius 1 is 1.05 bits per heavy atom. The summed E-state index contributed by atoms with van der Waals surface area (Å²) >= 11 is 0. The van der Waals surface area contributed by atoms with E-state index < -0.39 is 5.82 Å². The summed E-state index contributed by atoms with van der Waals surface area (Å²) < 4.78 is 34.6. The number of H-pyrrole nitrogens is 1. The van der Waals surface area contributed by atoms with Gasteiger partial charge in [-0.15, -0.1) is 0 Å². The summed E-state index contributed by atoms with van der Waals surface area (Å²) in [5, 5.41) is 3.91. The third-order valence-electron chi connectivity index (χ3n) is 8.22. The highest BCUT2D eigenvalue weighted by Gasteiger charge is 2.35. The summed E-state index contributed by atoms with van der Waals surface area (Å²) in [6.07, 6.45) is 7.76. The molecule has 3 aromatic carbocycles. The van der Waals surface area contributed by atoms with Crippen molar-refractivity contribution < 1.29 is 18.3 Å². The maximum Gasteiger partial charge on any atom is 0.251 e. The van der Waals surface area contributed by atoms with Crippen LogP contribution in [0, 0.1) is 11.6 Å². The van der Waals surface area contributed by atoms with Crippen LogP contribution >= 0.6 is 0 Å². The Balaban J connectivity index is 1.17. The number of halogens is 2. The SMILES string of the molecule is O=C(NCc1ccccc1)c1ccc(F)c2c1CC(N(CCCc1c[nH]c3ccc(F)cc13)C1CCC1)CO2. The van der Waals surface area contributed by atoms with Crippen LogP contribution in [0.3, 0.4) is 0 Å².